The van der Waals surface area contributed by atoms with Gasteiger partial charge in [0.1, 0.15) is 0 Å². The Labute approximate surface area is 130 Å². The van der Waals surface area contributed by atoms with Gasteiger partial charge in [0.15, 0.2) is 0 Å². The molecule has 2 amide bonds. The standard InChI is InChI=1S/C15H20N2O3S/c1-3-20-15(19)17-8-6-16(7-9-17)14(18)13-10-12(21)5-4-11(13)2/h4-5,10,21H,3,6-9H2,1-2H3. The second-order valence-electron chi connectivity index (χ2n) is 4.98. The smallest absolute Gasteiger partial charge is 0.409 e. The zero-order chi connectivity index (χ0) is 15.4. The van der Waals surface area contributed by atoms with E-state index >= 15 is 0 Å². The Kier molecular flexibility index (Phi) is 5.12. The van der Waals surface area contributed by atoms with Gasteiger partial charge in [0, 0.05) is 36.6 Å². The van der Waals surface area contributed by atoms with E-state index in [0.29, 0.717) is 38.3 Å². The van der Waals surface area contributed by atoms with Crippen molar-refractivity contribution in [2.75, 3.05) is 32.8 Å². The fourth-order valence-electron chi connectivity index (χ4n) is 2.32. The zero-order valence-corrected chi connectivity index (χ0v) is 13.2. The molecule has 0 unspecified atom stereocenters. The van der Waals surface area contributed by atoms with E-state index in [1.54, 1.807) is 22.8 Å². The third-order valence-corrected chi connectivity index (χ3v) is 3.82. The average Bonchev–Trinajstić information content (AvgIpc) is 2.49. The molecular formula is C15H20N2O3S. The molecule has 2 rings (SSSR count). The first-order chi connectivity index (χ1) is 10.0. The monoisotopic (exact) mass is 308 g/mol. The van der Waals surface area contributed by atoms with Crippen molar-refractivity contribution >= 4 is 24.6 Å². The van der Waals surface area contributed by atoms with Crippen LogP contribution in [-0.2, 0) is 4.74 Å². The maximum absolute atomic E-state index is 12.5. The third kappa shape index (κ3) is 3.69. The number of rotatable bonds is 2. The topological polar surface area (TPSA) is 49.9 Å². The van der Waals surface area contributed by atoms with Crippen molar-refractivity contribution in [1.29, 1.82) is 0 Å². The lowest BCUT2D eigenvalue weighted by atomic mass is 10.1. The number of amides is 2. The fraction of sp³-hybridized carbons (Fsp3) is 0.467. The van der Waals surface area contributed by atoms with E-state index in [1.165, 1.54) is 0 Å². The first kappa shape index (κ1) is 15.7. The van der Waals surface area contributed by atoms with E-state index in [1.807, 2.05) is 19.1 Å². The van der Waals surface area contributed by atoms with Crippen LogP contribution in [-0.4, -0.2) is 54.6 Å². The summed E-state index contributed by atoms with van der Waals surface area (Å²) >= 11 is 4.28. The molecule has 0 saturated carbocycles. The molecule has 5 nitrogen and oxygen atoms in total. The molecule has 1 aromatic carbocycles. The normalized spacial score (nSPS) is 15.0. The minimum atomic E-state index is -0.307. The lowest BCUT2D eigenvalue weighted by molar-refractivity contribution is 0.0569. The summed E-state index contributed by atoms with van der Waals surface area (Å²) < 4.78 is 4.97. The second-order valence-corrected chi connectivity index (χ2v) is 5.49. The van der Waals surface area contributed by atoms with Gasteiger partial charge in [0.05, 0.1) is 6.61 Å². The van der Waals surface area contributed by atoms with Gasteiger partial charge in [-0.1, -0.05) is 6.07 Å². The first-order valence-electron chi connectivity index (χ1n) is 7.03. The van der Waals surface area contributed by atoms with Crippen molar-refractivity contribution in [3.8, 4) is 0 Å². The molecule has 1 fully saturated rings. The molecule has 1 aliphatic rings. The molecule has 21 heavy (non-hydrogen) atoms. The summed E-state index contributed by atoms with van der Waals surface area (Å²) in [7, 11) is 0. The van der Waals surface area contributed by atoms with Gasteiger partial charge in [0.25, 0.3) is 5.91 Å². The number of aryl methyl sites for hydroxylation is 1. The molecule has 6 heteroatoms. The van der Waals surface area contributed by atoms with Crippen molar-refractivity contribution in [3.63, 3.8) is 0 Å². The van der Waals surface area contributed by atoms with Crippen LogP contribution in [0.2, 0.25) is 0 Å². The minimum Gasteiger partial charge on any atom is -0.450 e. The highest BCUT2D eigenvalue weighted by atomic mass is 32.1. The van der Waals surface area contributed by atoms with Gasteiger partial charge in [-0.05, 0) is 31.5 Å². The molecule has 0 N–H and O–H groups in total. The van der Waals surface area contributed by atoms with E-state index in [4.69, 9.17) is 4.74 Å². The second kappa shape index (κ2) is 6.85. The average molecular weight is 308 g/mol. The highest BCUT2D eigenvalue weighted by Gasteiger charge is 2.26. The van der Waals surface area contributed by atoms with E-state index in [0.717, 1.165) is 10.5 Å². The van der Waals surface area contributed by atoms with Crippen LogP contribution in [0.15, 0.2) is 23.1 Å². The summed E-state index contributed by atoms with van der Waals surface area (Å²) in [5.74, 6) is -0.00749. The fourth-order valence-corrected chi connectivity index (χ4v) is 2.52. The highest BCUT2D eigenvalue weighted by molar-refractivity contribution is 7.80. The molecule has 1 heterocycles. The number of benzene rings is 1. The number of piperazine rings is 1. The molecule has 0 bridgehead atoms. The maximum Gasteiger partial charge on any atom is 0.409 e. The minimum absolute atomic E-state index is 0.00749. The van der Waals surface area contributed by atoms with Crippen molar-refractivity contribution < 1.29 is 14.3 Å². The van der Waals surface area contributed by atoms with E-state index in [2.05, 4.69) is 12.6 Å². The van der Waals surface area contributed by atoms with Crippen molar-refractivity contribution in [2.24, 2.45) is 0 Å². The van der Waals surface area contributed by atoms with Gasteiger partial charge in [-0.25, -0.2) is 4.79 Å². The molecule has 1 aliphatic heterocycles. The van der Waals surface area contributed by atoms with Crippen LogP contribution in [0.25, 0.3) is 0 Å². The number of hydrogen-bond acceptors (Lipinski definition) is 4. The zero-order valence-electron chi connectivity index (χ0n) is 12.3. The lowest BCUT2D eigenvalue weighted by Gasteiger charge is -2.34. The van der Waals surface area contributed by atoms with Gasteiger partial charge in [0.2, 0.25) is 0 Å². The van der Waals surface area contributed by atoms with Gasteiger partial charge in [-0.15, -0.1) is 12.6 Å². The molecule has 1 aromatic rings. The third-order valence-electron chi connectivity index (χ3n) is 3.54. The predicted octanol–water partition coefficient (Wildman–Crippen LogP) is 2.20. The Hall–Kier alpha value is -1.69. The van der Waals surface area contributed by atoms with Gasteiger partial charge < -0.3 is 14.5 Å². The number of carbonyl (C=O) groups is 2. The van der Waals surface area contributed by atoms with Gasteiger partial charge >= 0.3 is 6.09 Å². The molecular weight excluding hydrogens is 288 g/mol. The molecule has 114 valence electrons. The van der Waals surface area contributed by atoms with Crippen molar-refractivity contribution in [2.45, 2.75) is 18.7 Å². The molecule has 1 saturated heterocycles. The van der Waals surface area contributed by atoms with Crippen LogP contribution >= 0.6 is 12.6 Å². The van der Waals surface area contributed by atoms with E-state index in [9.17, 15) is 9.59 Å². The van der Waals surface area contributed by atoms with Crippen LogP contribution in [0.1, 0.15) is 22.8 Å². The van der Waals surface area contributed by atoms with Crippen LogP contribution < -0.4 is 0 Å². The Bertz CT molecular complexity index is 540. The number of carbonyl (C=O) groups excluding carboxylic acids is 2. The Morgan fingerprint density at radius 1 is 1.19 bits per heavy atom. The van der Waals surface area contributed by atoms with Crippen LogP contribution in [0.5, 0.6) is 0 Å². The van der Waals surface area contributed by atoms with Crippen LogP contribution in [0.4, 0.5) is 4.79 Å². The van der Waals surface area contributed by atoms with E-state index in [-0.39, 0.29) is 12.0 Å². The van der Waals surface area contributed by atoms with Gasteiger partial charge in [-0.2, -0.15) is 0 Å². The summed E-state index contributed by atoms with van der Waals surface area (Å²) in [6.45, 7) is 6.11. The Balaban J connectivity index is 2.00. The summed E-state index contributed by atoms with van der Waals surface area (Å²) in [5.41, 5.74) is 1.61. The summed E-state index contributed by atoms with van der Waals surface area (Å²) in [6, 6.07) is 5.55. The lowest BCUT2D eigenvalue weighted by Crippen LogP contribution is -2.50. The summed E-state index contributed by atoms with van der Waals surface area (Å²) in [5, 5.41) is 0. The summed E-state index contributed by atoms with van der Waals surface area (Å²) in [4.78, 5) is 28.3. The summed E-state index contributed by atoms with van der Waals surface area (Å²) in [6.07, 6.45) is -0.307. The highest BCUT2D eigenvalue weighted by Crippen LogP contribution is 2.17. The number of hydrogen-bond donors (Lipinski definition) is 1. The molecule has 0 aliphatic carbocycles. The molecule has 0 spiro atoms. The number of ether oxygens (including phenoxy) is 1. The Morgan fingerprint density at radius 3 is 2.43 bits per heavy atom. The Morgan fingerprint density at radius 2 is 1.81 bits per heavy atom. The number of nitrogens with zero attached hydrogens (tertiary/aromatic N) is 2. The largest absolute Gasteiger partial charge is 0.450 e. The predicted molar refractivity (Wildman–Crippen MR) is 82.9 cm³/mol. The quantitative estimate of drug-likeness (QED) is 0.852. The van der Waals surface area contributed by atoms with Crippen molar-refractivity contribution in [3.05, 3.63) is 29.3 Å². The molecule has 0 radical (unpaired) electrons. The maximum atomic E-state index is 12.5. The number of thiol groups is 1. The molecule has 0 atom stereocenters. The SMILES string of the molecule is CCOC(=O)N1CCN(C(=O)c2cc(S)ccc2C)CC1. The van der Waals surface area contributed by atoms with Crippen molar-refractivity contribution in [1.82, 2.24) is 9.80 Å². The molecule has 0 aromatic heterocycles. The van der Waals surface area contributed by atoms with Crippen LogP contribution in [0, 0.1) is 6.92 Å². The van der Waals surface area contributed by atoms with Gasteiger partial charge in [-0.3, -0.25) is 4.79 Å². The first-order valence-corrected chi connectivity index (χ1v) is 7.48. The van der Waals surface area contributed by atoms with E-state index < -0.39 is 0 Å². The van der Waals surface area contributed by atoms with Crippen LogP contribution in [0.3, 0.4) is 0 Å².